The zero-order valence-corrected chi connectivity index (χ0v) is 14.9. The molecule has 0 spiro atoms. The quantitative estimate of drug-likeness (QED) is 0.423. The van der Waals surface area contributed by atoms with Crippen molar-refractivity contribution in [1.29, 1.82) is 0 Å². The maximum atomic E-state index is 4.92. The lowest BCUT2D eigenvalue weighted by Crippen LogP contribution is -2.25. The highest BCUT2D eigenvalue weighted by atomic mass is 127. The Morgan fingerprint density at radius 1 is 0.875 bits per heavy atom. The van der Waals surface area contributed by atoms with E-state index in [2.05, 4.69) is 99.2 Å². The fourth-order valence-electron chi connectivity index (χ4n) is 3.43. The van der Waals surface area contributed by atoms with Gasteiger partial charge in [0.1, 0.15) is 12.0 Å². The third kappa shape index (κ3) is 1.99. The van der Waals surface area contributed by atoms with Gasteiger partial charge in [-0.05, 0) is 52.9 Å². The van der Waals surface area contributed by atoms with Crippen LogP contribution in [0, 0.1) is 3.57 Å². The summed E-state index contributed by atoms with van der Waals surface area (Å²) in [7, 11) is 0. The van der Waals surface area contributed by atoms with Gasteiger partial charge in [-0.25, -0.2) is 4.98 Å². The molecular weight excluding hydrogens is 409 g/mol. The zero-order chi connectivity index (χ0) is 16.1. The van der Waals surface area contributed by atoms with Gasteiger partial charge in [-0.1, -0.05) is 42.5 Å². The molecule has 4 heteroatoms. The normalized spacial score (nSPS) is 15.6. The van der Waals surface area contributed by atoms with Gasteiger partial charge in [0, 0.05) is 20.4 Å². The van der Waals surface area contributed by atoms with Crippen molar-refractivity contribution in [2.24, 2.45) is 0 Å². The first-order chi connectivity index (χ1) is 11.8. The monoisotopic (exact) mass is 423 g/mol. The third-order valence-corrected chi connectivity index (χ3v) is 5.50. The first-order valence-electron chi connectivity index (χ1n) is 7.90. The van der Waals surface area contributed by atoms with Crippen LogP contribution in [0.4, 0.5) is 5.69 Å². The molecule has 1 unspecified atom stereocenters. The first kappa shape index (κ1) is 14.0. The van der Waals surface area contributed by atoms with Crippen LogP contribution in [0.3, 0.4) is 0 Å². The van der Waals surface area contributed by atoms with Crippen LogP contribution in [-0.2, 0) is 0 Å². The first-order valence-corrected chi connectivity index (χ1v) is 8.98. The summed E-state index contributed by atoms with van der Waals surface area (Å²) in [6.07, 6.45) is 0.0374. The van der Waals surface area contributed by atoms with Gasteiger partial charge < -0.3 is 5.32 Å². The highest BCUT2D eigenvalue weighted by molar-refractivity contribution is 14.1. The number of rotatable bonds is 1. The van der Waals surface area contributed by atoms with Crippen LogP contribution < -0.4 is 5.32 Å². The lowest BCUT2D eigenvalue weighted by molar-refractivity contribution is 0.666. The predicted molar refractivity (Wildman–Crippen MR) is 106 cm³/mol. The molecule has 4 aromatic rings. The Bertz CT molecular complexity index is 1070. The molecule has 0 fully saturated rings. The molecule has 1 aliphatic rings. The molecule has 0 bridgehead atoms. The molecule has 1 atom stereocenters. The fourth-order valence-corrected chi connectivity index (χ4v) is 4.11. The van der Waals surface area contributed by atoms with E-state index in [1.165, 1.54) is 9.13 Å². The molecule has 0 amide bonds. The van der Waals surface area contributed by atoms with E-state index in [4.69, 9.17) is 4.98 Å². The van der Waals surface area contributed by atoms with Crippen molar-refractivity contribution >= 4 is 39.3 Å². The van der Waals surface area contributed by atoms with Crippen molar-refractivity contribution < 1.29 is 0 Å². The van der Waals surface area contributed by atoms with Gasteiger partial charge in [0.15, 0.2) is 0 Å². The fraction of sp³-hybridized carbons (Fsp3) is 0.0500. The molecule has 116 valence electrons. The van der Waals surface area contributed by atoms with Crippen molar-refractivity contribution in [2.75, 3.05) is 5.32 Å². The van der Waals surface area contributed by atoms with Crippen LogP contribution in [-0.4, -0.2) is 9.55 Å². The van der Waals surface area contributed by atoms with Crippen molar-refractivity contribution in [3.63, 3.8) is 0 Å². The summed E-state index contributed by atoms with van der Waals surface area (Å²) in [6.45, 7) is 0. The molecule has 1 aliphatic heterocycles. The SMILES string of the molecule is Ic1ccccc1C1Nc2ccccc2-c2nc3ccccc3n21. The van der Waals surface area contributed by atoms with Crippen LogP contribution >= 0.6 is 22.6 Å². The predicted octanol–water partition coefficient (Wildman–Crippen LogP) is 5.28. The molecule has 5 rings (SSSR count). The molecule has 1 aromatic heterocycles. The highest BCUT2D eigenvalue weighted by Gasteiger charge is 2.28. The minimum absolute atomic E-state index is 0.0374. The summed E-state index contributed by atoms with van der Waals surface area (Å²) in [5.74, 6) is 1.02. The van der Waals surface area contributed by atoms with Crippen molar-refractivity contribution in [3.05, 3.63) is 81.9 Å². The van der Waals surface area contributed by atoms with E-state index in [1.807, 2.05) is 6.07 Å². The van der Waals surface area contributed by atoms with E-state index in [0.717, 1.165) is 28.1 Å². The van der Waals surface area contributed by atoms with Crippen LogP contribution in [0.2, 0.25) is 0 Å². The summed E-state index contributed by atoms with van der Waals surface area (Å²) in [5.41, 5.74) is 5.72. The Hall–Kier alpha value is -2.34. The van der Waals surface area contributed by atoms with E-state index in [9.17, 15) is 0 Å². The number of aromatic nitrogens is 2. The number of anilines is 1. The Kier molecular flexibility index (Phi) is 3.13. The Labute approximate surface area is 153 Å². The topological polar surface area (TPSA) is 29.9 Å². The molecule has 0 aliphatic carbocycles. The standard InChI is InChI=1S/C20H14IN3/c21-15-9-3-1-7-13(15)19-22-16-10-4-2-8-14(16)20-23-17-11-5-6-12-18(17)24(19)20/h1-12,19,22H. The summed E-state index contributed by atoms with van der Waals surface area (Å²) >= 11 is 2.41. The number of nitrogens with zero attached hydrogens (tertiary/aromatic N) is 2. The summed E-state index contributed by atoms with van der Waals surface area (Å²) in [6, 6.07) is 25.2. The number of nitrogens with one attached hydrogen (secondary N) is 1. The van der Waals surface area contributed by atoms with Crippen LogP contribution in [0.15, 0.2) is 72.8 Å². The molecule has 2 heterocycles. The number of hydrogen-bond acceptors (Lipinski definition) is 2. The number of hydrogen-bond donors (Lipinski definition) is 1. The lowest BCUT2D eigenvalue weighted by Gasteiger charge is -2.30. The summed E-state index contributed by atoms with van der Waals surface area (Å²) in [4.78, 5) is 4.92. The van der Waals surface area contributed by atoms with Gasteiger partial charge >= 0.3 is 0 Å². The maximum Gasteiger partial charge on any atom is 0.145 e. The van der Waals surface area contributed by atoms with E-state index >= 15 is 0 Å². The molecule has 0 saturated heterocycles. The third-order valence-electron chi connectivity index (χ3n) is 4.51. The van der Waals surface area contributed by atoms with Gasteiger partial charge in [-0.3, -0.25) is 4.57 Å². The highest BCUT2D eigenvalue weighted by Crippen LogP contribution is 2.41. The molecule has 3 nitrogen and oxygen atoms in total. The lowest BCUT2D eigenvalue weighted by atomic mass is 10.1. The number of imidazole rings is 1. The summed E-state index contributed by atoms with van der Waals surface area (Å²) < 4.78 is 3.56. The van der Waals surface area contributed by atoms with Gasteiger partial charge in [0.25, 0.3) is 0 Å². The minimum Gasteiger partial charge on any atom is -0.361 e. The zero-order valence-electron chi connectivity index (χ0n) is 12.8. The number of para-hydroxylation sites is 3. The largest absolute Gasteiger partial charge is 0.361 e. The molecule has 24 heavy (non-hydrogen) atoms. The van der Waals surface area contributed by atoms with Crippen LogP contribution in [0.5, 0.6) is 0 Å². The van der Waals surface area contributed by atoms with Crippen molar-refractivity contribution in [3.8, 4) is 11.4 Å². The number of fused-ring (bicyclic) bond motifs is 5. The molecular formula is C20H14IN3. The van der Waals surface area contributed by atoms with Crippen molar-refractivity contribution in [2.45, 2.75) is 6.17 Å². The average Bonchev–Trinajstić information content (AvgIpc) is 3.01. The second kappa shape index (κ2) is 5.34. The Balaban J connectivity index is 1.86. The van der Waals surface area contributed by atoms with Gasteiger partial charge in [-0.2, -0.15) is 0 Å². The van der Waals surface area contributed by atoms with Crippen LogP contribution in [0.1, 0.15) is 11.7 Å². The van der Waals surface area contributed by atoms with E-state index in [-0.39, 0.29) is 6.17 Å². The molecule has 1 N–H and O–H groups in total. The Morgan fingerprint density at radius 3 is 2.54 bits per heavy atom. The molecule has 0 radical (unpaired) electrons. The average molecular weight is 423 g/mol. The second-order valence-corrected chi connectivity index (χ2v) is 7.07. The second-order valence-electron chi connectivity index (χ2n) is 5.91. The molecule has 3 aromatic carbocycles. The van der Waals surface area contributed by atoms with E-state index < -0.39 is 0 Å². The number of halogens is 1. The number of benzene rings is 3. The minimum atomic E-state index is 0.0374. The van der Waals surface area contributed by atoms with Crippen LogP contribution in [0.25, 0.3) is 22.4 Å². The van der Waals surface area contributed by atoms with Gasteiger partial charge in [0.05, 0.1) is 11.0 Å². The van der Waals surface area contributed by atoms with E-state index in [0.29, 0.717) is 0 Å². The Morgan fingerprint density at radius 2 is 1.62 bits per heavy atom. The maximum absolute atomic E-state index is 4.92. The summed E-state index contributed by atoms with van der Waals surface area (Å²) in [5, 5.41) is 3.71. The van der Waals surface area contributed by atoms with Gasteiger partial charge in [0.2, 0.25) is 0 Å². The van der Waals surface area contributed by atoms with E-state index in [1.54, 1.807) is 0 Å². The van der Waals surface area contributed by atoms with Gasteiger partial charge in [-0.15, -0.1) is 0 Å². The smallest absolute Gasteiger partial charge is 0.145 e. The van der Waals surface area contributed by atoms with Crippen molar-refractivity contribution in [1.82, 2.24) is 9.55 Å². The molecule has 0 saturated carbocycles.